The quantitative estimate of drug-likeness (QED) is 0.118. The van der Waals surface area contributed by atoms with Crippen LogP contribution in [0.3, 0.4) is 0 Å². The van der Waals surface area contributed by atoms with Gasteiger partial charge in [-0.3, -0.25) is 20.2 Å². The van der Waals surface area contributed by atoms with E-state index in [0.717, 1.165) is 6.42 Å². The van der Waals surface area contributed by atoms with Crippen LogP contribution in [0.15, 0.2) is 49.6 Å². The molecule has 2 aromatic rings. The Hall–Kier alpha value is -5.28. The van der Waals surface area contributed by atoms with Gasteiger partial charge in [-0.1, -0.05) is 25.3 Å². The second kappa shape index (κ2) is 19.4. The second-order valence-electron chi connectivity index (χ2n) is 12.2. The van der Waals surface area contributed by atoms with E-state index in [-0.39, 0.29) is 72.8 Å². The highest BCUT2D eigenvalue weighted by molar-refractivity contribution is 6.05. The van der Waals surface area contributed by atoms with Crippen LogP contribution >= 0.6 is 0 Å². The summed E-state index contributed by atoms with van der Waals surface area (Å²) in [6.45, 7) is 10.2. The molecule has 2 aliphatic rings. The highest BCUT2D eigenvalue weighted by Crippen LogP contribution is 2.36. The SMILES string of the molecule is C=CCOC(=O)Nc1cc(OCCCCCOc2cc(NC(=O)OCC=C)c(C(=O)N3CC[C@H]3CO)cc2OC)c(C)cc1C(=O)N1CC[C@H]1CO. The van der Waals surface area contributed by atoms with Gasteiger partial charge in [-0.05, 0) is 56.7 Å². The fourth-order valence-electron chi connectivity index (χ4n) is 5.65. The summed E-state index contributed by atoms with van der Waals surface area (Å²) in [6, 6.07) is 5.70. The van der Waals surface area contributed by atoms with E-state index in [1.807, 2.05) is 6.92 Å². The maximum absolute atomic E-state index is 13.3. The van der Waals surface area contributed by atoms with Crippen molar-refractivity contribution in [2.24, 2.45) is 0 Å². The van der Waals surface area contributed by atoms with Crippen molar-refractivity contribution in [3.8, 4) is 17.2 Å². The van der Waals surface area contributed by atoms with Gasteiger partial charge in [0.25, 0.3) is 11.8 Å². The first-order chi connectivity index (χ1) is 25.1. The van der Waals surface area contributed by atoms with Crippen LogP contribution in [-0.4, -0.2) is 116 Å². The molecule has 15 heteroatoms. The number of rotatable bonds is 19. The second-order valence-corrected chi connectivity index (χ2v) is 12.2. The van der Waals surface area contributed by atoms with Crippen LogP contribution in [0.5, 0.6) is 17.2 Å². The minimum Gasteiger partial charge on any atom is -0.493 e. The highest BCUT2D eigenvalue weighted by Gasteiger charge is 2.35. The van der Waals surface area contributed by atoms with Gasteiger partial charge in [0.1, 0.15) is 19.0 Å². The Morgan fingerprint density at radius 3 is 1.67 bits per heavy atom. The zero-order valence-corrected chi connectivity index (χ0v) is 29.7. The number of nitrogens with one attached hydrogen (secondary N) is 2. The molecule has 4 amide bonds. The summed E-state index contributed by atoms with van der Waals surface area (Å²) in [7, 11) is 1.45. The van der Waals surface area contributed by atoms with Gasteiger partial charge in [-0.2, -0.15) is 0 Å². The molecule has 4 N–H and O–H groups in total. The molecule has 282 valence electrons. The monoisotopic (exact) mass is 724 g/mol. The number of amides is 4. The number of unbranched alkanes of at least 4 members (excludes halogenated alkanes) is 2. The Bertz CT molecular complexity index is 1610. The summed E-state index contributed by atoms with van der Waals surface area (Å²) in [5.41, 5.74) is 1.55. The third-order valence-electron chi connectivity index (χ3n) is 8.75. The molecular weight excluding hydrogens is 676 g/mol. The van der Waals surface area contributed by atoms with Gasteiger partial charge in [-0.25, -0.2) is 9.59 Å². The normalized spacial score (nSPS) is 16.1. The van der Waals surface area contributed by atoms with E-state index in [1.165, 1.54) is 36.3 Å². The van der Waals surface area contributed by atoms with Crippen molar-refractivity contribution in [2.45, 2.75) is 51.1 Å². The van der Waals surface area contributed by atoms with E-state index in [9.17, 15) is 29.4 Å². The summed E-state index contributed by atoms with van der Waals surface area (Å²) in [5.74, 6) is 0.432. The van der Waals surface area contributed by atoms with Crippen LogP contribution in [0.4, 0.5) is 21.0 Å². The third-order valence-corrected chi connectivity index (χ3v) is 8.75. The molecule has 15 nitrogen and oxygen atoms in total. The van der Waals surface area contributed by atoms with Crippen LogP contribution in [0.1, 0.15) is 58.4 Å². The number of aliphatic hydroxyl groups excluding tert-OH is 2. The third kappa shape index (κ3) is 9.94. The van der Waals surface area contributed by atoms with Crippen molar-refractivity contribution in [1.82, 2.24) is 9.80 Å². The number of nitrogens with zero attached hydrogens (tertiary/aromatic N) is 2. The smallest absolute Gasteiger partial charge is 0.411 e. The molecular formula is C37H48N4O11. The number of hydrogen-bond donors (Lipinski definition) is 4. The molecule has 4 rings (SSSR count). The number of carbonyl (C=O) groups excluding carboxylic acids is 4. The lowest BCUT2D eigenvalue weighted by atomic mass is 10.00. The number of likely N-dealkylation sites (tertiary alicyclic amines) is 2. The summed E-state index contributed by atoms with van der Waals surface area (Å²) >= 11 is 0. The summed E-state index contributed by atoms with van der Waals surface area (Å²) < 4.78 is 27.7. The molecule has 2 heterocycles. The fourth-order valence-corrected chi connectivity index (χ4v) is 5.65. The summed E-state index contributed by atoms with van der Waals surface area (Å²) in [4.78, 5) is 54.5. The zero-order valence-electron chi connectivity index (χ0n) is 29.7. The molecule has 0 radical (unpaired) electrons. The van der Waals surface area contributed by atoms with Gasteiger partial charge in [-0.15, -0.1) is 0 Å². The largest absolute Gasteiger partial charge is 0.493 e. The van der Waals surface area contributed by atoms with E-state index in [4.69, 9.17) is 23.7 Å². The first-order valence-electron chi connectivity index (χ1n) is 17.2. The van der Waals surface area contributed by atoms with Gasteiger partial charge < -0.3 is 43.7 Å². The van der Waals surface area contributed by atoms with Crippen molar-refractivity contribution in [3.63, 3.8) is 0 Å². The molecule has 0 unspecified atom stereocenters. The summed E-state index contributed by atoms with van der Waals surface area (Å²) in [6.07, 6.45) is 4.75. The topological polar surface area (TPSA) is 185 Å². The van der Waals surface area contributed by atoms with Crippen LogP contribution in [0.2, 0.25) is 0 Å². The number of methoxy groups -OCH3 is 1. The molecule has 2 saturated heterocycles. The number of anilines is 2. The lowest BCUT2D eigenvalue weighted by Gasteiger charge is -2.40. The zero-order chi connectivity index (χ0) is 37.6. The molecule has 0 aliphatic carbocycles. The standard InChI is InChI=1S/C37H48N4O11/c1-5-14-51-36(46)38-29-20-31(24(3)18-27(29)34(44)40-12-10-25(40)22-42)49-16-8-7-9-17-50-33-21-30(39-37(47)52-15-6-2)28(19-32(33)48-4)35(45)41-13-11-26(41)23-43/h5-6,18-21,25-26,42-43H,1-2,7-17,22-23H2,3-4H3,(H,38,46)(H,39,47)/t25-,26-/m0/s1. The minimum atomic E-state index is -0.772. The summed E-state index contributed by atoms with van der Waals surface area (Å²) in [5, 5.41) is 24.4. The first-order valence-corrected chi connectivity index (χ1v) is 17.2. The van der Waals surface area contributed by atoms with E-state index >= 15 is 0 Å². The molecule has 0 saturated carbocycles. The van der Waals surface area contributed by atoms with Crippen LogP contribution in [-0.2, 0) is 9.47 Å². The molecule has 2 fully saturated rings. The Balaban J connectivity index is 1.36. The van der Waals surface area contributed by atoms with Gasteiger partial charge in [0.15, 0.2) is 11.5 Å². The number of ether oxygens (including phenoxy) is 5. The molecule has 52 heavy (non-hydrogen) atoms. The van der Waals surface area contributed by atoms with Gasteiger partial charge in [0.05, 0.1) is 68.1 Å². The van der Waals surface area contributed by atoms with Crippen molar-refractivity contribution in [3.05, 3.63) is 66.3 Å². The average Bonchev–Trinajstić information content (AvgIpc) is 3.09. The van der Waals surface area contributed by atoms with Gasteiger partial charge in [0, 0.05) is 25.2 Å². The average molecular weight is 725 g/mol. The van der Waals surface area contributed by atoms with Gasteiger partial charge >= 0.3 is 12.2 Å². The number of aliphatic hydroxyl groups is 2. The molecule has 0 spiro atoms. The molecule has 2 atom stereocenters. The predicted molar refractivity (Wildman–Crippen MR) is 192 cm³/mol. The van der Waals surface area contributed by atoms with E-state index in [0.29, 0.717) is 74.8 Å². The highest BCUT2D eigenvalue weighted by atomic mass is 16.6. The Morgan fingerprint density at radius 2 is 1.23 bits per heavy atom. The van der Waals surface area contributed by atoms with E-state index < -0.39 is 12.2 Å². The molecule has 2 aromatic carbocycles. The minimum absolute atomic E-state index is 0.00213. The van der Waals surface area contributed by atoms with Crippen LogP contribution < -0.4 is 24.8 Å². The lowest BCUT2D eigenvalue weighted by Crippen LogP contribution is -2.53. The predicted octanol–water partition coefficient (Wildman–Crippen LogP) is 4.51. The van der Waals surface area contributed by atoms with Gasteiger partial charge in [0.2, 0.25) is 0 Å². The number of aryl methyl sites for hydroxylation is 1. The molecule has 0 aromatic heterocycles. The molecule has 0 bridgehead atoms. The van der Waals surface area contributed by atoms with Crippen molar-refractivity contribution < 1.29 is 53.1 Å². The Morgan fingerprint density at radius 1 is 0.750 bits per heavy atom. The van der Waals surface area contributed by atoms with Crippen LogP contribution in [0, 0.1) is 6.92 Å². The van der Waals surface area contributed by atoms with Crippen LogP contribution in [0.25, 0.3) is 0 Å². The van der Waals surface area contributed by atoms with Crippen molar-refractivity contribution >= 4 is 35.4 Å². The Labute approximate surface area is 303 Å². The maximum atomic E-state index is 13.3. The number of benzene rings is 2. The maximum Gasteiger partial charge on any atom is 0.411 e. The van der Waals surface area contributed by atoms with Crippen molar-refractivity contribution in [1.29, 1.82) is 0 Å². The van der Waals surface area contributed by atoms with E-state index in [1.54, 1.807) is 17.0 Å². The van der Waals surface area contributed by atoms with E-state index in [2.05, 4.69) is 23.8 Å². The lowest BCUT2D eigenvalue weighted by molar-refractivity contribution is 0.0293. The number of hydrogen-bond acceptors (Lipinski definition) is 11. The fraction of sp³-hybridized carbons (Fsp3) is 0.459. The number of carbonyl (C=O) groups is 4. The first kappa shape index (κ1) is 39.5. The van der Waals surface area contributed by atoms with Crippen molar-refractivity contribution in [2.75, 3.05) is 70.5 Å². The molecule has 2 aliphatic heterocycles. The Kier molecular flexibility index (Phi) is 14.7.